The Balaban J connectivity index is 2.17. The fourth-order valence-corrected chi connectivity index (χ4v) is 1.90. The molecule has 0 aliphatic heterocycles. The first-order chi connectivity index (χ1) is 8.06. The summed E-state index contributed by atoms with van der Waals surface area (Å²) in [5.41, 5.74) is 0.840. The van der Waals surface area contributed by atoms with Gasteiger partial charge in [-0.25, -0.2) is 13.8 Å². The Kier molecular flexibility index (Phi) is 3.14. The number of halogens is 2. The van der Waals surface area contributed by atoms with Gasteiger partial charge in [0.1, 0.15) is 0 Å². The largest absolute Gasteiger partial charge is 0.298 e. The van der Waals surface area contributed by atoms with Gasteiger partial charge < -0.3 is 0 Å². The molecule has 0 aliphatic rings. The minimum atomic E-state index is -1.05. The zero-order chi connectivity index (χ0) is 12.4. The van der Waals surface area contributed by atoms with Crippen LogP contribution < -0.4 is 5.32 Å². The van der Waals surface area contributed by atoms with Gasteiger partial charge in [0.25, 0.3) is 5.91 Å². The molecule has 1 amide bonds. The second-order valence-corrected chi connectivity index (χ2v) is 4.24. The molecule has 88 valence electrons. The van der Waals surface area contributed by atoms with Crippen LogP contribution in [0.2, 0.25) is 0 Å². The zero-order valence-electron chi connectivity index (χ0n) is 8.83. The quantitative estimate of drug-likeness (QED) is 0.895. The van der Waals surface area contributed by atoms with Crippen molar-refractivity contribution in [3.63, 3.8) is 0 Å². The van der Waals surface area contributed by atoms with E-state index in [2.05, 4.69) is 10.3 Å². The van der Waals surface area contributed by atoms with E-state index in [1.807, 2.05) is 0 Å². The number of nitrogens with zero attached hydrogens (tertiary/aromatic N) is 1. The summed E-state index contributed by atoms with van der Waals surface area (Å²) in [5, 5.41) is 4.71. The number of benzene rings is 1. The Bertz CT molecular complexity index is 568. The van der Waals surface area contributed by atoms with Crippen molar-refractivity contribution in [1.82, 2.24) is 4.98 Å². The molecule has 3 nitrogen and oxygen atoms in total. The van der Waals surface area contributed by atoms with Crippen LogP contribution in [-0.4, -0.2) is 10.9 Å². The monoisotopic (exact) mass is 254 g/mol. The molecule has 0 fully saturated rings. The summed E-state index contributed by atoms with van der Waals surface area (Å²) < 4.78 is 25.6. The minimum absolute atomic E-state index is 0.0525. The molecule has 1 aromatic carbocycles. The van der Waals surface area contributed by atoms with E-state index in [1.165, 1.54) is 17.4 Å². The summed E-state index contributed by atoms with van der Waals surface area (Å²) in [6.45, 7) is 1.80. The van der Waals surface area contributed by atoms with Crippen molar-refractivity contribution in [3.05, 3.63) is 46.5 Å². The van der Waals surface area contributed by atoms with Gasteiger partial charge in [-0.3, -0.25) is 10.1 Å². The third-order valence-corrected chi connectivity index (χ3v) is 2.90. The first kappa shape index (κ1) is 11.7. The van der Waals surface area contributed by atoms with E-state index >= 15 is 0 Å². The van der Waals surface area contributed by atoms with E-state index in [0.717, 1.165) is 17.8 Å². The molecule has 0 radical (unpaired) electrons. The van der Waals surface area contributed by atoms with Crippen molar-refractivity contribution in [1.29, 1.82) is 0 Å². The van der Waals surface area contributed by atoms with Crippen LogP contribution in [0.5, 0.6) is 0 Å². The highest BCUT2D eigenvalue weighted by atomic mass is 32.1. The Hall–Kier alpha value is -1.82. The zero-order valence-corrected chi connectivity index (χ0v) is 9.65. The van der Waals surface area contributed by atoms with Gasteiger partial charge in [-0.15, -0.1) is 11.3 Å². The molecule has 6 heteroatoms. The molecular formula is C11H8F2N2OS. The summed E-state index contributed by atoms with van der Waals surface area (Å²) >= 11 is 1.27. The fourth-order valence-electron chi connectivity index (χ4n) is 1.22. The van der Waals surface area contributed by atoms with Gasteiger partial charge in [0.05, 0.1) is 5.69 Å². The number of rotatable bonds is 2. The van der Waals surface area contributed by atoms with Crippen molar-refractivity contribution < 1.29 is 13.6 Å². The second-order valence-electron chi connectivity index (χ2n) is 3.38. The van der Waals surface area contributed by atoms with Gasteiger partial charge in [-0.2, -0.15) is 0 Å². The molecule has 1 heterocycles. The van der Waals surface area contributed by atoms with Gasteiger partial charge in [-0.05, 0) is 25.1 Å². The summed E-state index contributed by atoms with van der Waals surface area (Å²) in [6.07, 6.45) is 0. The highest BCUT2D eigenvalue weighted by molar-refractivity contribution is 7.13. The fraction of sp³-hybridized carbons (Fsp3) is 0.0909. The molecule has 1 aromatic heterocycles. The van der Waals surface area contributed by atoms with Crippen LogP contribution in [0.15, 0.2) is 23.6 Å². The molecule has 1 N–H and O–H groups in total. The molecule has 17 heavy (non-hydrogen) atoms. The third kappa shape index (κ3) is 2.65. The number of aromatic nitrogens is 1. The molecule has 2 rings (SSSR count). The van der Waals surface area contributed by atoms with Gasteiger partial charge in [0.15, 0.2) is 16.8 Å². The van der Waals surface area contributed by atoms with Crippen LogP contribution in [0.3, 0.4) is 0 Å². The number of nitrogens with one attached hydrogen (secondary N) is 1. The number of hydrogen-bond donors (Lipinski definition) is 1. The molecule has 0 saturated carbocycles. The predicted octanol–water partition coefficient (Wildman–Crippen LogP) is 2.98. The van der Waals surface area contributed by atoms with E-state index < -0.39 is 17.5 Å². The number of amides is 1. The van der Waals surface area contributed by atoms with E-state index in [1.54, 1.807) is 12.3 Å². The Morgan fingerprint density at radius 1 is 1.35 bits per heavy atom. The Labute approximate surface area is 100 Å². The van der Waals surface area contributed by atoms with E-state index in [9.17, 15) is 13.6 Å². The van der Waals surface area contributed by atoms with Crippen molar-refractivity contribution in [2.75, 3.05) is 5.32 Å². The summed E-state index contributed by atoms with van der Waals surface area (Å²) in [6, 6.07) is 2.98. The number of carbonyl (C=O) groups is 1. The second kappa shape index (κ2) is 4.58. The van der Waals surface area contributed by atoms with Crippen LogP contribution >= 0.6 is 11.3 Å². The smallest absolute Gasteiger partial charge is 0.257 e. The Morgan fingerprint density at radius 3 is 2.71 bits per heavy atom. The number of thiazole rings is 1. The van der Waals surface area contributed by atoms with Gasteiger partial charge >= 0.3 is 0 Å². The molecule has 0 aliphatic carbocycles. The lowest BCUT2D eigenvalue weighted by Gasteiger charge is -2.01. The average Bonchev–Trinajstić information content (AvgIpc) is 2.68. The average molecular weight is 254 g/mol. The molecule has 0 saturated heterocycles. The lowest BCUT2D eigenvalue weighted by Crippen LogP contribution is -2.12. The van der Waals surface area contributed by atoms with Crippen molar-refractivity contribution in [2.45, 2.75) is 6.92 Å². The molecule has 0 atom stereocenters. The van der Waals surface area contributed by atoms with E-state index in [-0.39, 0.29) is 5.56 Å². The molecule has 0 bridgehead atoms. The van der Waals surface area contributed by atoms with Crippen LogP contribution in [0.1, 0.15) is 16.1 Å². The standard InChI is InChI=1S/C11H8F2N2OS/c1-6-5-17-11(14-6)15-10(16)7-2-3-8(12)9(13)4-7/h2-5H,1H3,(H,14,15,16). The maximum Gasteiger partial charge on any atom is 0.257 e. The highest BCUT2D eigenvalue weighted by Crippen LogP contribution is 2.16. The molecule has 0 spiro atoms. The van der Waals surface area contributed by atoms with Crippen LogP contribution in [-0.2, 0) is 0 Å². The summed E-state index contributed by atoms with van der Waals surface area (Å²) in [4.78, 5) is 15.7. The number of hydrogen-bond acceptors (Lipinski definition) is 3. The molecule has 2 aromatic rings. The van der Waals surface area contributed by atoms with Gasteiger partial charge in [0, 0.05) is 10.9 Å². The minimum Gasteiger partial charge on any atom is -0.298 e. The van der Waals surface area contributed by atoms with Crippen LogP contribution in [0.4, 0.5) is 13.9 Å². The molecular weight excluding hydrogens is 246 g/mol. The normalized spacial score (nSPS) is 10.3. The van der Waals surface area contributed by atoms with Crippen molar-refractivity contribution >= 4 is 22.4 Å². The van der Waals surface area contributed by atoms with Gasteiger partial charge in [-0.1, -0.05) is 0 Å². The lowest BCUT2D eigenvalue weighted by molar-refractivity contribution is 0.102. The van der Waals surface area contributed by atoms with Gasteiger partial charge in [0.2, 0.25) is 0 Å². The number of aryl methyl sites for hydroxylation is 1. The topological polar surface area (TPSA) is 42.0 Å². The molecule has 0 unspecified atom stereocenters. The maximum atomic E-state index is 12.9. The summed E-state index contributed by atoms with van der Waals surface area (Å²) in [7, 11) is 0. The highest BCUT2D eigenvalue weighted by Gasteiger charge is 2.11. The van der Waals surface area contributed by atoms with E-state index in [4.69, 9.17) is 0 Å². The van der Waals surface area contributed by atoms with Crippen LogP contribution in [0, 0.1) is 18.6 Å². The van der Waals surface area contributed by atoms with E-state index in [0.29, 0.717) is 5.13 Å². The van der Waals surface area contributed by atoms with Crippen molar-refractivity contribution in [2.24, 2.45) is 0 Å². The first-order valence-electron chi connectivity index (χ1n) is 4.75. The van der Waals surface area contributed by atoms with Crippen LogP contribution in [0.25, 0.3) is 0 Å². The third-order valence-electron chi connectivity index (χ3n) is 2.02. The maximum absolute atomic E-state index is 12.9. The first-order valence-corrected chi connectivity index (χ1v) is 5.63. The number of carbonyl (C=O) groups excluding carboxylic acids is 1. The lowest BCUT2D eigenvalue weighted by atomic mass is 10.2. The number of anilines is 1. The van der Waals surface area contributed by atoms with Crippen molar-refractivity contribution in [3.8, 4) is 0 Å². The summed E-state index contributed by atoms with van der Waals surface area (Å²) in [5.74, 6) is -2.54. The Morgan fingerprint density at radius 2 is 2.12 bits per heavy atom. The SMILES string of the molecule is Cc1csc(NC(=O)c2ccc(F)c(F)c2)n1. The predicted molar refractivity (Wildman–Crippen MR) is 61.2 cm³/mol.